The summed E-state index contributed by atoms with van der Waals surface area (Å²) >= 11 is 0. The van der Waals surface area contributed by atoms with Gasteiger partial charge in [-0.15, -0.1) is 0 Å². The number of aromatic nitrogens is 1. The molecule has 0 bridgehead atoms. The van der Waals surface area contributed by atoms with Crippen molar-refractivity contribution < 1.29 is 0 Å². The largest absolute Gasteiger partial charge is 0.361 e. The first kappa shape index (κ1) is 13.1. The summed E-state index contributed by atoms with van der Waals surface area (Å²) in [6.45, 7) is 0.896. The van der Waals surface area contributed by atoms with Crippen molar-refractivity contribution in [1.29, 1.82) is 0 Å². The molecule has 3 nitrogen and oxygen atoms in total. The molecule has 0 saturated carbocycles. The maximum absolute atomic E-state index is 2.43. The lowest BCUT2D eigenvalue weighted by Crippen LogP contribution is -2.21. The minimum atomic E-state index is 0.896. The van der Waals surface area contributed by atoms with E-state index in [2.05, 4.69) is 94.3 Å². The van der Waals surface area contributed by atoms with E-state index >= 15 is 0 Å². The third kappa shape index (κ3) is 1.60. The van der Waals surface area contributed by atoms with Gasteiger partial charge in [-0.3, -0.25) is 0 Å². The Bertz CT molecular complexity index is 1290. The van der Waals surface area contributed by atoms with Gasteiger partial charge in [0.2, 0.25) is 0 Å². The van der Waals surface area contributed by atoms with Crippen molar-refractivity contribution >= 4 is 43.8 Å². The molecule has 3 heteroatoms. The van der Waals surface area contributed by atoms with Crippen LogP contribution in [0.2, 0.25) is 0 Å². The van der Waals surface area contributed by atoms with Crippen LogP contribution >= 0.6 is 0 Å². The Kier molecular flexibility index (Phi) is 2.34. The van der Waals surface area contributed by atoms with E-state index in [1.807, 2.05) is 0 Å². The first-order valence-corrected chi connectivity index (χ1v) is 8.63. The second kappa shape index (κ2) is 4.45. The van der Waals surface area contributed by atoms with E-state index in [9.17, 15) is 0 Å². The summed E-state index contributed by atoms with van der Waals surface area (Å²) in [7, 11) is 2.10. The maximum Gasteiger partial charge on any atom is 0.0938 e. The van der Waals surface area contributed by atoms with E-state index in [4.69, 9.17) is 0 Å². The van der Waals surface area contributed by atoms with Crippen molar-refractivity contribution in [3.05, 3.63) is 73.1 Å². The lowest BCUT2D eigenvalue weighted by molar-refractivity contribution is 0.496. The molecule has 3 heterocycles. The van der Waals surface area contributed by atoms with Gasteiger partial charge in [0.1, 0.15) is 0 Å². The predicted molar refractivity (Wildman–Crippen MR) is 105 cm³/mol. The molecule has 6 rings (SSSR count). The second-order valence-electron chi connectivity index (χ2n) is 6.92. The molecule has 25 heavy (non-hydrogen) atoms. The fraction of sp³-hybridized carbons (Fsp3) is 0.0909. The predicted octanol–water partition coefficient (Wildman–Crippen LogP) is 5.02. The highest BCUT2D eigenvalue weighted by Gasteiger charge is 2.18. The molecule has 2 aromatic heterocycles. The summed E-state index contributed by atoms with van der Waals surface area (Å²) in [5.41, 5.74) is 5.14. The molecule has 0 atom stereocenters. The minimum Gasteiger partial charge on any atom is -0.361 e. The van der Waals surface area contributed by atoms with E-state index in [1.165, 1.54) is 43.8 Å². The topological polar surface area (TPSA) is 10.9 Å². The highest BCUT2D eigenvalue weighted by Crippen LogP contribution is 2.39. The third-order valence-electron chi connectivity index (χ3n) is 5.42. The number of benzene rings is 3. The molecule has 0 fully saturated rings. The number of rotatable bonds is 1. The fourth-order valence-electron chi connectivity index (χ4n) is 4.29. The number of anilines is 1. The zero-order valence-corrected chi connectivity index (χ0v) is 14.0. The quantitative estimate of drug-likeness (QED) is 0.429. The Morgan fingerprint density at radius 1 is 0.720 bits per heavy atom. The van der Waals surface area contributed by atoms with Crippen LogP contribution in [0.5, 0.6) is 0 Å². The normalized spacial score (nSPS) is 14.9. The Balaban J connectivity index is 1.77. The molecular formula is C22H17N3. The van der Waals surface area contributed by atoms with Gasteiger partial charge in [-0.25, -0.2) is 0 Å². The van der Waals surface area contributed by atoms with Crippen molar-refractivity contribution in [3.8, 4) is 0 Å². The maximum atomic E-state index is 2.43. The third-order valence-corrected chi connectivity index (χ3v) is 5.42. The Morgan fingerprint density at radius 2 is 1.48 bits per heavy atom. The summed E-state index contributed by atoms with van der Waals surface area (Å²) in [5.74, 6) is 0. The van der Waals surface area contributed by atoms with Crippen LogP contribution in [0.4, 0.5) is 5.69 Å². The average Bonchev–Trinajstić information content (AvgIpc) is 3.32. The van der Waals surface area contributed by atoms with Crippen LogP contribution in [0.15, 0.2) is 73.1 Å². The van der Waals surface area contributed by atoms with Gasteiger partial charge in [-0.05, 0) is 18.2 Å². The van der Waals surface area contributed by atoms with Crippen molar-refractivity contribution in [3.63, 3.8) is 0 Å². The number of para-hydroxylation sites is 2. The van der Waals surface area contributed by atoms with Crippen molar-refractivity contribution in [1.82, 2.24) is 9.30 Å². The first-order valence-electron chi connectivity index (χ1n) is 8.63. The van der Waals surface area contributed by atoms with Crippen LogP contribution in [0.3, 0.4) is 0 Å². The van der Waals surface area contributed by atoms with Gasteiger partial charge in [0.05, 0.1) is 23.2 Å². The summed E-state index contributed by atoms with van der Waals surface area (Å²) in [5, 5.41) is 5.33. The molecule has 0 N–H and O–H groups in total. The molecule has 1 aliphatic heterocycles. The van der Waals surface area contributed by atoms with Gasteiger partial charge in [0.15, 0.2) is 0 Å². The van der Waals surface area contributed by atoms with Gasteiger partial charge in [0.25, 0.3) is 0 Å². The first-order chi connectivity index (χ1) is 12.3. The van der Waals surface area contributed by atoms with E-state index < -0.39 is 0 Å². The smallest absolute Gasteiger partial charge is 0.0938 e. The van der Waals surface area contributed by atoms with Crippen molar-refractivity contribution in [2.75, 3.05) is 18.6 Å². The summed E-state index contributed by atoms with van der Waals surface area (Å²) in [4.78, 5) is 4.47. The molecule has 120 valence electrons. The molecule has 1 aliphatic rings. The molecule has 0 spiro atoms. The molecule has 5 aromatic rings. The van der Waals surface area contributed by atoms with Gasteiger partial charge in [-0.1, -0.05) is 42.5 Å². The van der Waals surface area contributed by atoms with Gasteiger partial charge in [-0.2, -0.15) is 0 Å². The van der Waals surface area contributed by atoms with Gasteiger partial charge in [0, 0.05) is 46.7 Å². The van der Waals surface area contributed by atoms with Crippen LogP contribution < -0.4 is 4.90 Å². The average molecular weight is 323 g/mol. The zero-order chi connectivity index (χ0) is 16.5. The zero-order valence-electron chi connectivity index (χ0n) is 14.0. The standard InChI is InChI=1S/C22H17N3/c1-23-11-12-24(14-23)15-9-10-17-19-7-4-6-18-16-5-2-3-8-20(16)25(22(18)19)21(17)13-15/h2-13H,14H2,1H3. The van der Waals surface area contributed by atoms with E-state index in [1.54, 1.807) is 0 Å². The van der Waals surface area contributed by atoms with Crippen LogP contribution in [-0.2, 0) is 0 Å². The summed E-state index contributed by atoms with van der Waals surface area (Å²) in [6, 6.07) is 22.2. The number of fused-ring (bicyclic) bond motifs is 6. The molecule has 0 amide bonds. The lowest BCUT2D eigenvalue weighted by Gasteiger charge is -2.18. The van der Waals surface area contributed by atoms with E-state index in [0.717, 1.165) is 6.67 Å². The van der Waals surface area contributed by atoms with Crippen LogP contribution in [0.1, 0.15) is 0 Å². The molecule has 0 aliphatic carbocycles. The number of hydrogen-bond donors (Lipinski definition) is 0. The van der Waals surface area contributed by atoms with Crippen molar-refractivity contribution in [2.24, 2.45) is 0 Å². The van der Waals surface area contributed by atoms with Gasteiger partial charge < -0.3 is 14.2 Å². The Hall–Kier alpha value is -3.20. The van der Waals surface area contributed by atoms with Crippen LogP contribution in [0, 0.1) is 0 Å². The molecule has 0 saturated heterocycles. The highest BCUT2D eigenvalue weighted by atomic mass is 15.3. The van der Waals surface area contributed by atoms with E-state index in [-0.39, 0.29) is 0 Å². The van der Waals surface area contributed by atoms with Gasteiger partial charge >= 0.3 is 0 Å². The second-order valence-corrected chi connectivity index (χ2v) is 6.92. The molecule has 0 unspecified atom stereocenters. The Labute approximate surface area is 145 Å². The highest BCUT2D eigenvalue weighted by molar-refractivity contribution is 6.23. The SMILES string of the molecule is CN1C=CN(c2ccc3c4cccc5c6ccccc6n(c3c2)c54)C1. The summed E-state index contributed by atoms with van der Waals surface area (Å²) < 4.78 is 2.43. The lowest BCUT2D eigenvalue weighted by atomic mass is 10.1. The van der Waals surface area contributed by atoms with Crippen LogP contribution in [-0.4, -0.2) is 23.0 Å². The number of nitrogens with zero attached hydrogens (tertiary/aromatic N) is 3. The minimum absolute atomic E-state index is 0.896. The fourth-order valence-corrected chi connectivity index (χ4v) is 4.29. The Morgan fingerprint density at radius 3 is 2.28 bits per heavy atom. The van der Waals surface area contributed by atoms with Crippen LogP contribution in [0.25, 0.3) is 38.1 Å². The molecular weight excluding hydrogens is 306 g/mol. The van der Waals surface area contributed by atoms with E-state index in [0.29, 0.717) is 0 Å². The monoisotopic (exact) mass is 323 g/mol. The summed E-state index contributed by atoms with van der Waals surface area (Å²) in [6.07, 6.45) is 4.26. The molecule has 3 aromatic carbocycles. The van der Waals surface area contributed by atoms with Crippen molar-refractivity contribution in [2.45, 2.75) is 0 Å². The molecule has 0 radical (unpaired) electrons. The number of hydrogen-bond acceptors (Lipinski definition) is 2.